The standard InChI is InChI=1S/C13H16N2O/c1-15(2)9-12(16)11-7-3-5-10-6-4-8-14-13(10)11/h3-8,12,16H,9H2,1-2H3. The van der Waals surface area contributed by atoms with Gasteiger partial charge in [-0.05, 0) is 20.2 Å². The molecule has 16 heavy (non-hydrogen) atoms. The van der Waals surface area contributed by atoms with Gasteiger partial charge in [-0.25, -0.2) is 0 Å². The molecule has 0 bridgehead atoms. The van der Waals surface area contributed by atoms with E-state index < -0.39 is 6.10 Å². The van der Waals surface area contributed by atoms with Crippen molar-refractivity contribution in [3.05, 3.63) is 42.1 Å². The molecule has 1 unspecified atom stereocenters. The zero-order valence-corrected chi connectivity index (χ0v) is 9.59. The average molecular weight is 216 g/mol. The van der Waals surface area contributed by atoms with Gasteiger partial charge in [0.2, 0.25) is 0 Å². The van der Waals surface area contributed by atoms with Crippen molar-refractivity contribution in [3.8, 4) is 0 Å². The fourth-order valence-corrected chi connectivity index (χ4v) is 1.84. The average Bonchev–Trinajstić information content (AvgIpc) is 2.27. The number of aliphatic hydroxyl groups is 1. The summed E-state index contributed by atoms with van der Waals surface area (Å²) in [6.07, 6.45) is 1.27. The van der Waals surface area contributed by atoms with Crippen molar-refractivity contribution in [2.45, 2.75) is 6.10 Å². The molecule has 1 N–H and O–H groups in total. The van der Waals surface area contributed by atoms with Gasteiger partial charge in [0.15, 0.2) is 0 Å². The summed E-state index contributed by atoms with van der Waals surface area (Å²) in [4.78, 5) is 6.30. The van der Waals surface area contributed by atoms with Crippen molar-refractivity contribution in [3.63, 3.8) is 0 Å². The lowest BCUT2D eigenvalue weighted by Crippen LogP contribution is -2.20. The van der Waals surface area contributed by atoms with Crippen molar-refractivity contribution in [1.29, 1.82) is 0 Å². The predicted molar refractivity (Wildman–Crippen MR) is 65.3 cm³/mol. The Labute approximate surface area is 95.3 Å². The van der Waals surface area contributed by atoms with Gasteiger partial charge in [-0.2, -0.15) is 0 Å². The van der Waals surface area contributed by atoms with E-state index in [9.17, 15) is 5.11 Å². The Hall–Kier alpha value is -1.45. The van der Waals surface area contributed by atoms with Crippen molar-refractivity contribution < 1.29 is 5.11 Å². The largest absolute Gasteiger partial charge is 0.387 e. The number of rotatable bonds is 3. The molecule has 0 radical (unpaired) electrons. The Morgan fingerprint density at radius 2 is 2.00 bits per heavy atom. The first-order valence-corrected chi connectivity index (χ1v) is 5.35. The maximum absolute atomic E-state index is 10.1. The van der Waals surface area contributed by atoms with Gasteiger partial charge in [-0.1, -0.05) is 24.3 Å². The fraction of sp³-hybridized carbons (Fsp3) is 0.308. The van der Waals surface area contributed by atoms with E-state index in [0.717, 1.165) is 16.5 Å². The van der Waals surface area contributed by atoms with E-state index in [4.69, 9.17) is 0 Å². The highest BCUT2D eigenvalue weighted by Crippen LogP contribution is 2.22. The summed E-state index contributed by atoms with van der Waals surface area (Å²) >= 11 is 0. The first-order valence-electron chi connectivity index (χ1n) is 5.35. The molecule has 1 atom stereocenters. The quantitative estimate of drug-likeness (QED) is 0.850. The first-order chi connectivity index (χ1) is 7.68. The number of nitrogens with zero attached hydrogens (tertiary/aromatic N) is 2. The van der Waals surface area contributed by atoms with Crippen LogP contribution in [-0.4, -0.2) is 35.6 Å². The van der Waals surface area contributed by atoms with Crippen LogP contribution in [0.15, 0.2) is 36.5 Å². The first kappa shape index (κ1) is 11.0. The summed E-state index contributed by atoms with van der Waals surface area (Å²) in [5.74, 6) is 0. The number of aromatic nitrogens is 1. The SMILES string of the molecule is CN(C)CC(O)c1cccc2cccnc12. The van der Waals surface area contributed by atoms with Crippen LogP contribution in [-0.2, 0) is 0 Å². The van der Waals surface area contributed by atoms with E-state index >= 15 is 0 Å². The van der Waals surface area contributed by atoms with Gasteiger partial charge < -0.3 is 10.0 Å². The highest BCUT2D eigenvalue weighted by atomic mass is 16.3. The van der Waals surface area contributed by atoms with Crippen LogP contribution in [0.2, 0.25) is 0 Å². The highest BCUT2D eigenvalue weighted by Gasteiger charge is 2.12. The van der Waals surface area contributed by atoms with Crippen molar-refractivity contribution in [2.75, 3.05) is 20.6 Å². The lowest BCUT2D eigenvalue weighted by atomic mass is 10.0. The second kappa shape index (κ2) is 4.60. The van der Waals surface area contributed by atoms with Crippen LogP contribution in [0, 0.1) is 0 Å². The minimum atomic E-state index is -0.492. The molecule has 1 aromatic carbocycles. The van der Waals surface area contributed by atoms with Crippen LogP contribution in [0.5, 0.6) is 0 Å². The maximum Gasteiger partial charge on any atom is 0.0937 e. The molecule has 2 aromatic rings. The molecule has 1 heterocycles. The van der Waals surface area contributed by atoms with E-state index in [0.29, 0.717) is 6.54 Å². The van der Waals surface area contributed by atoms with E-state index in [1.54, 1.807) is 6.20 Å². The molecule has 0 saturated carbocycles. The molecule has 3 heteroatoms. The molecule has 1 aromatic heterocycles. The van der Waals surface area contributed by atoms with Gasteiger partial charge >= 0.3 is 0 Å². The maximum atomic E-state index is 10.1. The fourth-order valence-electron chi connectivity index (χ4n) is 1.84. The zero-order chi connectivity index (χ0) is 11.5. The monoisotopic (exact) mass is 216 g/mol. The van der Waals surface area contributed by atoms with Gasteiger partial charge in [0, 0.05) is 23.7 Å². The van der Waals surface area contributed by atoms with E-state index in [-0.39, 0.29) is 0 Å². The normalized spacial score (nSPS) is 13.2. The van der Waals surface area contributed by atoms with Crippen LogP contribution >= 0.6 is 0 Å². The van der Waals surface area contributed by atoms with Crippen molar-refractivity contribution in [1.82, 2.24) is 9.88 Å². The van der Waals surface area contributed by atoms with Gasteiger partial charge in [-0.15, -0.1) is 0 Å². The number of hydrogen-bond donors (Lipinski definition) is 1. The lowest BCUT2D eigenvalue weighted by Gasteiger charge is -2.17. The van der Waals surface area contributed by atoms with Crippen LogP contribution in [0.3, 0.4) is 0 Å². The Kier molecular flexibility index (Phi) is 3.17. The number of pyridine rings is 1. The zero-order valence-electron chi connectivity index (χ0n) is 9.59. The van der Waals surface area contributed by atoms with E-state index in [1.807, 2.05) is 49.3 Å². The minimum Gasteiger partial charge on any atom is -0.387 e. The van der Waals surface area contributed by atoms with Crippen LogP contribution < -0.4 is 0 Å². The van der Waals surface area contributed by atoms with Crippen LogP contribution in [0.4, 0.5) is 0 Å². The summed E-state index contributed by atoms with van der Waals surface area (Å²) in [7, 11) is 3.89. The van der Waals surface area contributed by atoms with E-state index in [1.165, 1.54) is 0 Å². The molecule has 0 spiro atoms. The number of likely N-dealkylation sites (N-methyl/N-ethyl adjacent to an activating group) is 1. The summed E-state index contributed by atoms with van der Waals surface area (Å²) in [5.41, 5.74) is 1.78. The predicted octanol–water partition coefficient (Wildman–Crippen LogP) is 1.83. The van der Waals surface area contributed by atoms with Gasteiger partial charge in [-0.3, -0.25) is 4.98 Å². The Balaban J connectivity index is 2.44. The number of fused-ring (bicyclic) bond motifs is 1. The number of para-hydroxylation sites is 1. The topological polar surface area (TPSA) is 36.4 Å². The molecule has 84 valence electrons. The molecule has 0 aliphatic heterocycles. The summed E-state index contributed by atoms with van der Waals surface area (Å²) < 4.78 is 0. The number of hydrogen-bond acceptors (Lipinski definition) is 3. The summed E-state index contributed by atoms with van der Waals surface area (Å²) in [5, 5.41) is 11.2. The molecule has 0 amide bonds. The second-order valence-corrected chi connectivity index (χ2v) is 4.20. The lowest BCUT2D eigenvalue weighted by molar-refractivity contribution is 0.139. The molecule has 0 fully saturated rings. The molecule has 0 aliphatic rings. The molecular formula is C13H16N2O. The highest BCUT2D eigenvalue weighted by molar-refractivity contribution is 5.81. The summed E-state index contributed by atoms with van der Waals surface area (Å²) in [6, 6.07) is 9.81. The third-order valence-corrected chi connectivity index (χ3v) is 2.56. The molecule has 0 saturated heterocycles. The molecule has 3 nitrogen and oxygen atoms in total. The van der Waals surface area contributed by atoms with Gasteiger partial charge in [0.05, 0.1) is 11.6 Å². The van der Waals surface area contributed by atoms with Crippen LogP contribution in [0.1, 0.15) is 11.7 Å². The Morgan fingerprint density at radius 3 is 2.75 bits per heavy atom. The smallest absolute Gasteiger partial charge is 0.0937 e. The van der Waals surface area contributed by atoms with Crippen molar-refractivity contribution in [2.24, 2.45) is 0 Å². The Morgan fingerprint density at radius 1 is 1.25 bits per heavy atom. The number of aliphatic hydroxyl groups excluding tert-OH is 1. The van der Waals surface area contributed by atoms with Gasteiger partial charge in [0.25, 0.3) is 0 Å². The molecule has 0 aliphatic carbocycles. The minimum absolute atomic E-state index is 0.492. The van der Waals surface area contributed by atoms with Gasteiger partial charge in [0.1, 0.15) is 0 Å². The molecular weight excluding hydrogens is 200 g/mol. The third-order valence-electron chi connectivity index (χ3n) is 2.56. The third kappa shape index (κ3) is 2.21. The number of benzene rings is 1. The van der Waals surface area contributed by atoms with Crippen molar-refractivity contribution >= 4 is 10.9 Å². The Bertz CT molecular complexity index is 477. The van der Waals surface area contributed by atoms with E-state index in [2.05, 4.69) is 4.98 Å². The summed E-state index contributed by atoms with van der Waals surface area (Å²) in [6.45, 7) is 0.607. The van der Waals surface area contributed by atoms with Crippen LogP contribution in [0.25, 0.3) is 10.9 Å². The second-order valence-electron chi connectivity index (χ2n) is 4.20. The molecule has 2 rings (SSSR count).